The molecule has 1 aromatic rings. The number of benzene rings is 1. The van der Waals surface area contributed by atoms with Crippen LogP contribution in [0, 0.1) is 5.92 Å². The molecule has 1 N–H and O–H groups in total. The number of amides is 1. The fourth-order valence-electron chi connectivity index (χ4n) is 3.20. The van der Waals surface area contributed by atoms with Gasteiger partial charge in [0, 0.05) is 24.9 Å². The predicted molar refractivity (Wildman–Crippen MR) is 79.0 cm³/mol. The van der Waals surface area contributed by atoms with Crippen molar-refractivity contribution < 1.29 is 9.53 Å². The van der Waals surface area contributed by atoms with Crippen LogP contribution in [0.3, 0.4) is 0 Å². The minimum Gasteiger partial charge on any atom is -0.487 e. The molecule has 2 atom stereocenters. The number of hydrogen-bond acceptors (Lipinski definition) is 2. The second-order valence-corrected chi connectivity index (χ2v) is 6.62. The molecule has 1 fully saturated rings. The molecule has 0 bridgehead atoms. The van der Waals surface area contributed by atoms with Gasteiger partial charge in [-0.25, -0.2) is 0 Å². The Morgan fingerprint density at radius 2 is 2.25 bits per heavy atom. The van der Waals surface area contributed by atoms with Crippen molar-refractivity contribution in [2.24, 2.45) is 5.92 Å². The molecule has 3 rings (SSSR count). The fraction of sp³-hybridized carbons (Fsp3) is 0.588. The molecular formula is C17H23NO2. The molecule has 2 unspecified atom stereocenters. The Morgan fingerprint density at radius 3 is 3.00 bits per heavy atom. The first-order valence-electron chi connectivity index (χ1n) is 7.57. The zero-order valence-corrected chi connectivity index (χ0v) is 12.5. The van der Waals surface area contributed by atoms with Crippen LogP contribution in [0.4, 0.5) is 0 Å². The summed E-state index contributed by atoms with van der Waals surface area (Å²) < 4.78 is 5.99. The van der Waals surface area contributed by atoms with E-state index in [4.69, 9.17) is 4.74 Å². The number of fused-ring (bicyclic) bond motifs is 1. The van der Waals surface area contributed by atoms with Gasteiger partial charge in [-0.15, -0.1) is 0 Å². The Labute approximate surface area is 120 Å². The quantitative estimate of drug-likeness (QED) is 0.915. The summed E-state index contributed by atoms with van der Waals surface area (Å²) >= 11 is 0. The van der Waals surface area contributed by atoms with Crippen molar-refractivity contribution in [2.45, 2.75) is 51.6 Å². The van der Waals surface area contributed by atoms with Gasteiger partial charge in [0.1, 0.15) is 11.4 Å². The Bertz CT molecular complexity index is 536. The molecule has 0 aromatic heterocycles. The van der Waals surface area contributed by atoms with Crippen LogP contribution < -0.4 is 10.1 Å². The topological polar surface area (TPSA) is 38.3 Å². The van der Waals surface area contributed by atoms with Crippen LogP contribution in [-0.2, 0) is 11.2 Å². The molecule has 1 saturated carbocycles. The zero-order chi connectivity index (χ0) is 14.3. The van der Waals surface area contributed by atoms with Crippen molar-refractivity contribution in [1.29, 1.82) is 0 Å². The van der Waals surface area contributed by atoms with Gasteiger partial charge in [0.15, 0.2) is 0 Å². The monoisotopic (exact) mass is 273 g/mol. The summed E-state index contributed by atoms with van der Waals surface area (Å²) in [5.74, 6) is 2.40. The van der Waals surface area contributed by atoms with E-state index in [2.05, 4.69) is 37.4 Å². The Balaban J connectivity index is 1.69. The van der Waals surface area contributed by atoms with E-state index < -0.39 is 0 Å². The van der Waals surface area contributed by atoms with Gasteiger partial charge >= 0.3 is 0 Å². The molecule has 1 heterocycles. The van der Waals surface area contributed by atoms with Crippen LogP contribution in [0.25, 0.3) is 0 Å². The fourth-order valence-corrected chi connectivity index (χ4v) is 3.20. The van der Waals surface area contributed by atoms with Gasteiger partial charge in [0.25, 0.3) is 0 Å². The third-order valence-corrected chi connectivity index (χ3v) is 4.36. The maximum absolute atomic E-state index is 11.3. The molecule has 0 spiro atoms. The van der Waals surface area contributed by atoms with Crippen LogP contribution in [0.1, 0.15) is 50.7 Å². The lowest BCUT2D eigenvalue weighted by molar-refractivity contribution is -0.120. The van der Waals surface area contributed by atoms with E-state index >= 15 is 0 Å². The molecule has 3 nitrogen and oxygen atoms in total. The van der Waals surface area contributed by atoms with Crippen LogP contribution in [-0.4, -0.2) is 18.1 Å². The lowest BCUT2D eigenvalue weighted by Crippen LogP contribution is -2.25. The standard InChI is InChI=1S/C17H23NO2/c1-4-16(19)18-10-11-8-13(11)12-6-5-7-15-14(12)9-17(2,3)20-15/h5-7,11,13H,4,8-10H2,1-3H3,(H,18,19). The molecule has 0 radical (unpaired) electrons. The number of hydrogen-bond donors (Lipinski definition) is 1. The average molecular weight is 273 g/mol. The van der Waals surface area contributed by atoms with Crippen LogP contribution in [0.15, 0.2) is 18.2 Å². The molecule has 2 aliphatic rings. The van der Waals surface area contributed by atoms with Gasteiger partial charge in [-0.1, -0.05) is 19.1 Å². The van der Waals surface area contributed by atoms with E-state index in [0.717, 1.165) is 18.7 Å². The molecule has 108 valence electrons. The van der Waals surface area contributed by atoms with E-state index in [9.17, 15) is 4.79 Å². The van der Waals surface area contributed by atoms with E-state index in [-0.39, 0.29) is 11.5 Å². The third-order valence-electron chi connectivity index (χ3n) is 4.36. The van der Waals surface area contributed by atoms with Crippen molar-refractivity contribution in [1.82, 2.24) is 5.32 Å². The van der Waals surface area contributed by atoms with E-state index in [0.29, 0.717) is 18.3 Å². The lowest BCUT2D eigenvalue weighted by atomic mass is 9.94. The summed E-state index contributed by atoms with van der Waals surface area (Å²) in [5.41, 5.74) is 2.73. The maximum atomic E-state index is 11.3. The minimum absolute atomic E-state index is 0.0841. The van der Waals surface area contributed by atoms with Gasteiger partial charge in [-0.3, -0.25) is 4.79 Å². The van der Waals surface area contributed by atoms with Crippen molar-refractivity contribution >= 4 is 5.91 Å². The van der Waals surface area contributed by atoms with Crippen LogP contribution >= 0.6 is 0 Å². The molecule has 1 aliphatic carbocycles. The Morgan fingerprint density at radius 1 is 1.45 bits per heavy atom. The van der Waals surface area contributed by atoms with Gasteiger partial charge in [0.05, 0.1) is 0 Å². The SMILES string of the molecule is CCC(=O)NCC1CC1c1cccc2c1CC(C)(C)O2. The normalized spacial score (nSPS) is 25.8. The van der Waals surface area contributed by atoms with Gasteiger partial charge in [0.2, 0.25) is 5.91 Å². The summed E-state index contributed by atoms with van der Waals surface area (Å²) in [6, 6.07) is 6.40. The van der Waals surface area contributed by atoms with Crippen molar-refractivity contribution in [3.05, 3.63) is 29.3 Å². The Hall–Kier alpha value is -1.51. The first-order valence-corrected chi connectivity index (χ1v) is 7.57. The number of carbonyl (C=O) groups excluding carboxylic acids is 1. The molecule has 0 saturated heterocycles. The molecular weight excluding hydrogens is 250 g/mol. The summed E-state index contributed by atoms with van der Waals surface area (Å²) in [4.78, 5) is 11.3. The average Bonchev–Trinajstić information content (AvgIpc) is 3.09. The number of nitrogens with one attached hydrogen (secondary N) is 1. The maximum Gasteiger partial charge on any atom is 0.219 e. The highest BCUT2D eigenvalue weighted by molar-refractivity contribution is 5.75. The zero-order valence-electron chi connectivity index (χ0n) is 12.5. The van der Waals surface area contributed by atoms with Crippen molar-refractivity contribution in [3.8, 4) is 5.75 Å². The summed E-state index contributed by atoms with van der Waals surface area (Å²) in [6.45, 7) is 6.99. The summed E-state index contributed by atoms with van der Waals surface area (Å²) in [5, 5.41) is 3.01. The molecule has 20 heavy (non-hydrogen) atoms. The third kappa shape index (κ3) is 2.54. The smallest absolute Gasteiger partial charge is 0.219 e. The summed E-state index contributed by atoms with van der Waals surface area (Å²) in [6.07, 6.45) is 2.74. The molecule has 1 amide bonds. The first-order chi connectivity index (χ1) is 9.50. The Kier molecular flexibility index (Phi) is 3.23. The first kappa shape index (κ1) is 13.5. The number of carbonyl (C=O) groups is 1. The number of rotatable bonds is 4. The summed E-state index contributed by atoms with van der Waals surface area (Å²) in [7, 11) is 0. The highest BCUT2D eigenvalue weighted by atomic mass is 16.5. The van der Waals surface area contributed by atoms with Crippen molar-refractivity contribution in [3.63, 3.8) is 0 Å². The van der Waals surface area contributed by atoms with Gasteiger partial charge < -0.3 is 10.1 Å². The number of ether oxygens (including phenoxy) is 1. The molecule has 1 aromatic carbocycles. The minimum atomic E-state index is -0.0841. The van der Waals surface area contributed by atoms with Gasteiger partial charge in [-0.2, -0.15) is 0 Å². The van der Waals surface area contributed by atoms with E-state index in [1.54, 1.807) is 0 Å². The van der Waals surface area contributed by atoms with Crippen LogP contribution in [0.5, 0.6) is 5.75 Å². The van der Waals surface area contributed by atoms with E-state index in [1.807, 2.05) is 6.92 Å². The predicted octanol–water partition coefficient (Wildman–Crippen LogP) is 3.03. The second-order valence-electron chi connectivity index (χ2n) is 6.62. The molecule has 1 aliphatic heterocycles. The lowest BCUT2D eigenvalue weighted by Gasteiger charge is -2.16. The second kappa shape index (κ2) is 4.80. The largest absolute Gasteiger partial charge is 0.487 e. The highest BCUT2D eigenvalue weighted by Crippen LogP contribution is 2.51. The van der Waals surface area contributed by atoms with Gasteiger partial charge in [-0.05, 0) is 43.7 Å². The van der Waals surface area contributed by atoms with Crippen LogP contribution in [0.2, 0.25) is 0 Å². The van der Waals surface area contributed by atoms with Crippen molar-refractivity contribution in [2.75, 3.05) is 6.54 Å². The molecule has 3 heteroatoms. The van der Waals surface area contributed by atoms with E-state index in [1.165, 1.54) is 17.5 Å². The highest BCUT2D eigenvalue weighted by Gasteiger charge is 2.42.